The number of aliphatic carboxylic acids is 1. The van der Waals surface area contributed by atoms with Gasteiger partial charge in [-0.3, -0.25) is 4.79 Å². The van der Waals surface area contributed by atoms with Crippen LogP contribution in [0.4, 0.5) is 0 Å². The Morgan fingerprint density at radius 1 is 1.00 bits per heavy atom. The molecule has 0 aromatic heterocycles. The van der Waals surface area contributed by atoms with Gasteiger partial charge in [-0.2, -0.15) is 4.31 Å². The monoisotopic (exact) mass is 436 g/mol. The molecule has 6 nitrogen and oxygen atoms in total. The number of carboxylic acid groups (broad SMARTS) is 1. The van der Waals surface area contributed by atoms with Gasteiger partial charge in [-0.25, -0.2) is 8.42 Å². The zero-order chi connectivity index (χ0) is 22.0. The smallest absolute Gasteiger partial charge is 0.320 e. The van der Waals surface area contributed by atoms with Crippen molar-refractivity contribution in [3.8, 4) is 11.1 Å². The molecule has 1 aliphatic rings. The summed E-state index contributed by atoms with van der Waals surface area (Å²) in [5, 5.41) is 9.00. The van der Waals surface area contributed by atoms with Crippen LogP contribution in [0.2, 0.25) is 0 Å². The van der Waals surface area contributed by atoms with Crippen molar-refractivity contribution in [1.82, 2.24) is 4.31 Å². The number of nitrogens with zero attached hydrogens (tertiary/aromatic N) is 1. The second kappa shape index (κ2) is 8.63. The van der Waals surface area contributed by atoms with Crippen LogP contribution in [-0.4, -0.2) is 42.9 Å². The lowest BCUT2D eigenvalue weighted by Crippen LogP contribution is -2.48. The maximum atomic E-state index is 13.1. The number of carbonyl (C=O) groups is 1. The van der Waals surface area contributed by atoms with Gasteiger partial charge in [-0.1, -0.05) is 66.7 Å². The number of rotatable bonds is 7. The van der Waals surface area contributed by atoms with Gasteiger partial charge in [0.1, 0.15) is 6.04 Å². The highest BCUT2D eigenvalue weighted by atomic mass is 32.2. The molecule has 1 saturated heterocycles. The Morgan fingerprint density at radius 2 is 1.68 bits per heavy atom. The van der Waals surface area contributed by atoms with Crippen LogP contribution in [0.15, 0.2) is 83.8 Å². The van der Waals surface area contributed by atoms with Gasteiger partial charge in [-0.05, 0) is 40.8 Å². The SMILES string of the molecule is NC(Cc1cccc(S(=O)(=O)N2CC(c3ccccc3-c3ccccc3)C2)c1)C(=O)O. The maximum Gasteiger partial charge on any atom is 0.320 e. The van der Waals surface area contributed by atoms with Gasteiger partial charge < -0.3 is 10.8 Å². The van der Waals surface area contributed by atoms with E-state index in [-0.39, 0.29) is 17.2 Å². The van der Waals surface area contributed by atoms with E-state index in [4.69, 9.17) is 10.8 Å². The number of benzene rings is 3. The van der Waals surface area contributed by atoms with Crippen LogP contribution in [-0.2, 0) is 21.2 Å². The summed E-state index contributed by atoms with van der Waals surface area (Å²) >= 11 is 0. The van der Waals surface area contributed by atoms with Gasteiger partial charge in [0.25, 0.3) is 0 Å². The van der Waals surface area contributed by atoms with E-state index in [1.54, 1.807) is 12.1 Å². The van der Waals surface area contributed by atoms with Crippen LogP contribution >= 0.6 is 0 Å². The first-order valence-electron chi connectivity index (χ1n) is 10.1. The second-order valence-electron chi connectivity index (χ2n) is 7.77. The standard InChI is InChI=1S/C24H24N2O4S/c25-23(24(27)28)14-17-7-6-10-20(13-17)31(29,30)26-15-19(16-26)22-12-5-4-11-21(22)18-8-2-1-3-9-18/h1-13,19,23H,14-16,25H2,(H,27,28). The molecule has 4 rings (SSSR count). The van der Waals surface area contributed by atoms with E-state index < -0.39 is 22.0 Å². The average molecular weight is 437 g/mol. The molecular weight excluding hydrogens is 412 g/mol. The molecule has 160 valence electrons. The van der Waals surface area contributed by atoms with Gasteiger partial charge in [0, 0.05) is 19.0 Å². The van der Waals surface area contributed by atoms with Crippen LogP contribution in [0, 0.1) is 0 Å². The largest absolute Gasteiger partial charge is 0.480 e. The zero-order valence-electron chi connectivity index (χ0n) is 16.9. The molecule has 3 N–H and O–H groups in total. The molecular formula is C24H24N2O4S. The first-order chi connectivity index (χ1) is 14.9. The topological polar surface area (TPSA) is 101 Å². The fourth-order valence-corrected chi connectivity index (χ4v) is 5.49. The summed E-state index contributed by atoms with van der Waals surface area (Å²) < 4.78 is 27.7. The lowest BCUT2D eigenvalue weighted by Gasteiger charge is -2.39. The summed E-state index contributed by atoms with van der Waals surface area (Å²) in [7, 11) is -3.65. The van der Waals surface area contributed by atoms with Crippen LogP contribution < -0.4 is 5.73 Å². The molecule has 7 heteroatoms. The number of sulfonamides is 1. The summed E-state index contributed by atoms with van der Waals surface area (Å²) in [5.41, 5.74) is 9.55. The minimum Gasteiger partial charge on any atom is -0.480 e. The molecule has 0 amide bonds. The molecule has 3 aromatic rings. The predicted molar refractivity (Wildman–Crippen MR) is 119 cm³/mol. The first-order valence-corrected chi connectivity index (χ1v) is 11.5. The molecule has 0 spiro atoms. The highest BCUT2D eigenvalue weighted by molar-refractivity contribution is 7.89. The predicted octanol–water partition coefficient (Wildman–Crippen LogP) is 3.10. The third-order valence-electron chi connectivity index (χ3n) is 5.64. The van der Waals surface area contributed by atoms with Crippen molar-refractivity contribution >= 4 is 16.0 Å². The molecule has 31 heavy (non-hydrogen) atoms. The molecule has 3 aromatic carbocycles. The summed E-state index contributed by atoms with van der Waals surface area (Å²) in [6, 6.07) is 23.5. The lowest BCUT2D eigenvalue weighted by molar-refractivity contribution is -0.138. The summed E-state index contributed by atoms with van der Waals surface area (Å²) in [4.78, 5) is 11.2. The van der Waals surface area contributed by atoms with Crippen LogP contribution in [0.3, 0.4) is 0 Å². The zero-order valence-corrected chi connectivity index (χ0v) is 17.7. The fourth-order valence-electron chi connectivity index (χ4n) is 3.89. The van der Waals surface area contributed by atoms with Crippen molar-refractivity contribution in [2.75, 3.05) is 13.1 Å². The van der Waals surface area contributed by atoms with Crippen LogP contribution in [0.1, 0.15) is 17.0 Å². The number of hydrogen-bond acceptors (Lipinski definition) is 4. The summed E-state index contributed by atoms with van der Waals surface area (Å²) in [6.45, 7) is 0.816. The molecule has 1 fully saturated rings. The molecule has 0 aliphatic carbocycles. The van der Waals surface area contributed by atoms with Crippen molar-refractivity contribution in [2.45, 2.75) is 23.3 Å². The summed E-state index contributed by atoms with van der Waals surface area (Å²) in [5.74, 6) is -0.995. The van der Waals surface area contributed by atoms with Crippen LogP contribution in [0.5, 0.6) is 0 Å². The Hall–Kier alpha value is -3.00. The molecule has 1 unspecified atom stereocenters. The summed E-state index contributed by atoms with van der Waals surface area (Å²) in [6.07, 6.45) is 0.0752. The quantitative estimate of drug-likeness (QED) is 0.593. The van der Waals surface area contributed by atoms with Crippen LogP contribution in [0.25, 0.3) is 11.1 Å². The van der Waals surface area contributed by atoms with Crippen molar-refractivity contribution in [1.29, 1.82) is 0 Å². The van der Waals surface area contributed by atoms with Crippen molar-refractivity contribution in [2.24, 2.45) is 5.73 Å². The van der Waals surface area contributed by atoms with E-state index in [2.05, 4.69) is 24.3 Å². The van der Waals surface area contributed by atoms with E-state index in [9.17, 15) is 13.2 Å². The van der Waals surface area contributed by atoms with E-state index in [1.807, 2.05) is 30.3 Å². The minimum absolute atomic E-state index is 0.0752. The van der Waals surface area contributed by atoms with E-state index in [0.29, 0.717) is 18.7 Å². The first kappa shape index (κ1) is 21.2. The van der Waals surface area contributed by atoms with Gasteiger partial charge in [0.15, 0.2) is 0 Å². The minimum atomic E-state index is -3.65. The molecule has 0 saturated carbocycles. The average Bonchev–Trinajstić information content (AvgIpc) is 2.73. The Morgan fingerprint density at radius 3 is 2.39 bits per heavy atom. The number of carboxylic acids is 1. The Bertz CT molecular complexity index is 1190. The van der Waals surface area contributed by atoms with Crippen molar-refractivity contribution in [3.05, 3.63) is 90.0 Å². The molecule has 1 aliphatic heterocycles. The normalized spacial score (nSPS) is 15.9. The number of hydrogen-bond donors (Lipinski definition) is 2. The highest BCUT2D eigenvalue weighted by Crippen LogP contribution is 2.37. The Labute approximate surface area is 182 Å². The third-order valence-corrected chi connectivity index (χ3v) is 7.47. The van der Waals surface area contributed by atoms with Gasteiger partial charge in [-0.15, -0.1) is 0 Å². The van der Waals surface area contributed by atoms with Crippen molar-refractivity contribution < 1.29 is 18.3 Å². The Balaban J connectivity index is 1.51. The van der Waals surface area contributed by atoms with E-state index in [1.165, 1.54) is 16.4 Å². The van der Waals surface area contributed by atoms with Crippen molar-refractivity contribution in [3.63, 3.8) is 0 Å². The van der Waals surface area contributed by atoms with Gasteiger partial charge >= 0.3 is 5.97 Å². The second-order valence-corrected chi connectivity index (χ2v) is 9.71. The maximum absolute atomic E-state index is 13.1. The molecule has 0 bridgehead atoms. The molecule has 0 radical (unpaired) electrons. The van der Waals surface area contributed by atoms with Gasteiger partial charge in [0.05, 0.1) is 4.90 Å². The highest BCUT2D eigenvalue weighted by Gasteiger charge is 2.38. The van der Waals surface area contributed by atoms with E-state index >= 15 is 0 Å². The molecule has 1 atom stereocenters. The lowest BCUT2D eigenvalue weighted by atomic mass is 9.87. The van der Waals surface area contributed by atoms with E-state index in [0.717, 1.165) is 16.7 Å². The Kier molecular flexibility index (Phi) is 5.91. The number of nitrogens with two attached hydrogens (primary N) is 1. The molecule has 1 heterocycles. The fraction of sp³-hybridized carbons (Fsp3) is 0.208. The van der Waals surface area contributed by atoms with Gasteiger partial charge in [0.2, 0.25) is 10.0 Å². The third kappa shape index (κ3) is 4.39.